The average molecular weight is 368 g/mol. The monoisotopic (exact) mass is 368 g/mol. The number of aryl methyl sites for hydroxylation is 1. The molecule has 2 aromatic carbocycles. The van der Waals surface area contributed by atoms with Gasteiger partial charge in [0.1, 0.15) is 11.5 Å². The maximum atomic E-state index is 12.2. The van der Waals surface area contributed by atoms with Crippen LogP contribution in [0.25, 0.3) is 0 Å². The van der Waals surface area contributed by atoms with Crippen molar-refractivity contribution in [2.45, 2.75) is 6.92 Å². The first-order chi connectivity index (χ1) is 12.1. The Kier molecular flexibility index (Phi) is 5.42. The molecule has 6 heteroatoms. The van der Waals surface area contributed by atoms with E-state index in [0.29, 0.717) is 10.6 Å². The second kappa shape index (κ2) is 7.92. The molecule has 0 radical (unpaired) electrons. The number of thiophene rings is 1. The molecule has 0 bridgehead atoms. The van der Waals surface area contributed by atoms with Gasteiger partial charge in [-0.25, -0.2) is 0 Å². The minimum absolute atomic E-state index is 0.207. The number of nitrogens with one attached hydrogen (secondary N) is 2. The van der Waals surface area contributed by atoms with Gasteiger partial charge in [0.05, 0.1) is 4.88 Å². The zero-order chi connectivity index (χ0) is 17.6. The van der Waals surface area contributed by atoms with Crippen LogP contribution < -0.4 is 15.4 Å². The molecule has 4 nitrogen and oxygen atoms in total. The molecule has 2 N–H and O–H groups in total. The third kappa shape index (κ3) is 4.65. The van der Waals surface area contributed by atoms with Crippen LogP contribution in [0.1, 0.15) is 15.2 Å². The Morgan fingerprint density at radius 2 is 1.80 bits per heavy atom. The van der Waals surface area contributed by atoms with Gasteiger partial charge in [0.15, 0.2) is 5.11 Å². The summed E-state index contributed by atoms with van der Waals surface area (Å²) in [5.41, 5.74) is 1.67. The topological polar surface area (TPSA) is 50.4 Å². The van der Waals surface area contributed by atoms with Crippen molar-refractivity contribution in [2.24, 2.45) is 0 Å². The second-order valence-electron chi connectivity index (χ2n) is 5.28. The molecule has 25 heavy (non-hydrogen) atoms. The summed E-state index contributed by atoms with van der Waals surface area (Å²) >= 11 is 6.61. The van der Waals surface area contributed by atoms with Crippen molar-refractivity contribution < 1.29 is 9.53 Å². The molecule has 0 saturated heterocycles. The summed E-state index contributed by atoms with van der Waals surface area (Å²) < 4.78 is 5.79. The fraction of sp³-hybridized carbons (Fsp3) is 0.0526. The highest BCUT2D eigenvalue weighted by Crippen LogP contribution is 2.23. The number of anilines is 1. The van der Waals surface area contributed by atoms with Crippen LogP contribution in [0, 0.1) is 6.92 Å². The standard InChI is InChI=1S/C19H16N2O2S2/c1-13-10-11-25-17(13)18(22)21-19(24)20-14-6-5-9-16(12-14)23-15-7-3-2-4-8-15/h2-12H,1H3,(H2,20,21,22,24). The first-order valence-corrected chi connectivity index (χ1v) is 8.90. The van der Waals surface area contributed by atoms with Gasteiger partial charge in [-0.1, -0.05) is 24.3 Å². The maximum absolute atomic E-state index is 12.2. The molecule has 0 atom stereocenters. The Morgan fingerprint density at radius 3 is 2.52 bits per heavy atom. The molecule has 0 aliphatic rings. The number of benzene rings is 2. The van der Waals surface area contributed by atoms with E-state index in [1.165, 1.54) is 11.3 Å². The van der Waals surface area contributed by atoms with Crippen LogP contribution in [0.5, 0.6) is 11.5 Å². The maximum Gasteiger partial charge on any atom is 0.267 e. The van der Waals surface area contributed by atoms with E-state index in [0.717, 1.165) is 17.0 Å². The molecule has 3 aromatic rings. The van der Waals surface area contributed by atoms with Gasteiger partial charge in [-0.15, -0.1) is 11.3 Å². The quantitative estimate of drug-likeness (QED) is 0.638. The molecule has 0 spiro atoms. The summed E-state index contributed by atoms with van der Waals surface area (Å²) in [7, 11) is 0. The summed E-state index contributed by atoms with van der Waals surface area (Å²) in [5, 5.41) is 7.82. The lowest BCUT2D eigenvalue weighted by Gasteiger charge is -2.11. The summed E-state index contributed by atoms with van der Waals surface area (Å²) in [5.74, 6) is 1.23. The number of carbonyl (C=O) groups is 1. The van der Waals surface area contributed by atoms with E-state index in [1.54, 1.807) is 0 Å². The summed E-state index contributed by atoms with van der Waals surface area (Å²) in [4.78, 5) is 12.8. The number of thiocarbonyl (C=S) groups is 1. The van der Waals surface area contributed by atoms with Gasteiger partial charge in [-0.2, -0.15) is 0 Å². The Labute approximate surface area is 155 Å². The van der Waals surface area contributed by atoms with Crippen molar-refractivity contribution in [1.82, 2.24) is 5.32 Å². The predicted molar refractivity (Wildman–Crippen MR) is 106 cm³/mol. The molecule has 0 saturated carbocycles. The van der Waals surface area contributed by atoms with Gasteiger partial charge in [-0.3, -0.25) is 10.1 Å². The van der Waals surface area contributed by atoms with Gasteiger partial charge >= 0.3 is 0 Å². The van der Waals surface area contributed by atoms with Gasteiger partial charge < -0.3 is 10.1 Å². The van der Waals surface area contributed by atoms with Gasteiger partial charge in [0.25, 0.3) is 5.91 Å². The summed E-state index contributed by atoms with van der Waals surface area (Å²) in [6.07, 6.45) is 0. The average Bonchev–Trinajstić information content (AvgIpc) is 3.02. The van der Waals surface area contributed by atoms with Crippen LogP contribution in [0.2, 0.25) is 0 Å². The van der Waals surface area contributed by atoms with Crippen LogP contribution >= 0.6 is 23.6 Å². The first-order valence-electron chi connectivity index (χ1n) is 7.61. The molecule has 1 aromatic heterocycles. The van der Waals surface area contributed by atoms with Crippen LogP contribution in [0.15, 0.2) is 66.0 Å². The smallest absolute Gasteiger partial charge is 0.267 e. The summed E-state index contributed by atoms with van der Waals surface area (Å²) in [6.45, 7) is 1.90. The van der Waals surface area contributed by atoms with Crippen LogP contribution in [0.3, 0.4) is 0 Å². The number of carbonyl (C=O) groups excluding carboxylic acids is 1. The fourth-order valence-electron chi connectivity index (χ4n) is 2.19. The Morgan fingerprint density at radius 1 is 1.04 bits per heavy atom. The number of rotatable bonds is 4. The molecule has 126 valence electrons. The lowest BCUT2D eigenvalue weighted by molar-refractivity contribution is 0.0981. The molecule has 3 rings (SSSR count). The molecule has 1 amide bonds. The molecule has 1 heterocycles. The number of para-hydroxylation sites is 1. The largest absolute Gasteiger partial charge is 0.457 e. The highest BCUT2D eigenvalue weighted by Gasteiger charge is 2.12. The molecular formula is C19H16N2O2S2. The zero-order valence-electron chi connectivity index (χ0n) is 13.5. The van der Waals surface area contributed by atoms with Crippen LogP contribution in [-0.4, -0.2) is 11.0 Å². The van der Waals surface area contributed by atoms with E-state index >= 15 is 0 Å². The van der Waals surface area contributed by atoms with Crippen molar-refractivity contribution in [2.75, 3.05) is 5.32 Å². The van der Waals surface area contributed by atoms with E-state index < -0.39 is 0 Å². The first kappa shape index (κ1) is 17.1. The van der Waals surface area contributed by atoms with E-state index in [-0.39, 0.29) is 11.0 Å². The lowest BCUT2D eigenvalue weighted by Crippen LogP contribution is -2.33. The minimum atomic E-state index is -0.207. The number of amides is 1. The summed E-state index contributed by atoms with van der Waals surface area (Å²) in [6, 6.07) is 18.8. The highest BCUT2D eigenvalue weighted by atomic mass is 32.1. The third-order valence-electron chi connectivity index (χ3n) is 3.37. The van der Waals surface area contributed by atoms with E-state index in [2.05, 4.69) is 10.6 Å². The molecule has 0 unspecified atom stereocenters. The Hall–Kier alpha value is -2.70. The number of ether oxygens (including phenoxy) is 1. The van der Waals surface area contributed by atoms with Gasteiger partial charge in [-0.05, 0) is 60.4 Å². The molecular weight excluding hydrogens is 352 g/mol. The minimum Gasteiger partial charge on any atom is -0.457 e. The second-order valence-corrected chi connectivity index (χ2v) is 6.61. The zero-order valence-corrected chi connectivity index (χ0v) is 15.1. The highest BCUT2D eigenvalue weighted by molar-refractivity contribution is 7.80. The SMILES string of the molecule is Cc1ccsc1C(=O)NC(=S)Nc1cccc(Oc2ccccc2)c1. The Bertz CT molecular complexity index is 891. The van der Waals surface area contributed by atoms with E-state index in [9.17, 15) is 4.79 Å². The predicted octanol–water partition coefficient (Wildman–Crippen LogP) is 4.98. The van der Waals surface area contributed by atoms with Crippen molar-refractivity contribution >= 4 is 40.3 Å². The van der Waals surface area contributed by atoms with Crippen molar-refractivity contribution in [3.05, 3.63) is 76.5 Å². The van der Waals surface area contributed by atoms with Crippen molar-refractivity contribution in [1.29, 1.82) is 0 Å². The fourth-order valence-corrected chi connectivity index (χ4v) is 3.22. The van der Waals surface area contributed by atoms with Crippen LogP contribution in [-0.2, 0) is 0 Å². The third-order valence-corrected chi connectivity index (χ3v) is 4.59. The number of hydrogen-bond donors (Lipinski definition) is 2. The Balaban J connectivity index is 1.63. The molecule has 0 aliphatic heterocycles. The van der Waals surface area contributed by atoms with Crippen LogP contribution in [0.4, 0.5) is 5.69 Å². The lowest BCUT2D eigenvalue weighted by atomic mass is 10.3. The van der Waals surface area contributed by atoms with E-state index in [4.69, 9.17) is 17.0 Å². The van der Waals surface area contributed by atoms with Crippen molar-refractivity contribution in [3.8, 4) is 11.5 Å². The normalized spacial score (nSPS) is 10.1. The molecule has 0 aliphatic carbocycles. The molecule has 0 fully saturated rings. The van der Waals surface area contributed by atoms with E-state index in [1.807, 2.05) is 73.0 Å². The van der Waals surface area contributed by atoms with Gasteiger partial charge in [0, 0.05) is 11.8 Å². The number of hydrogen-bond acceptors (Lipinski definition) is 4. The van der Waals surface area contributed by atoms with Crippen molar-refractivity contribution in [3.63, 3.8) is 0 Å². The van der Waals surface area contributed by atoms with Gasteiger partial charge in [0.2, 0.25) is 0 Å².